The number of benzene rings is 3. The molecule has 2 heterocycles. The number of hydrogen-bond acceptors (Lipinski definition) is 7. The molecule has 1 aliphatic rings. The van der Waals surface area contributed by atoms with Crippen molar-refractivity contribution in [1.82, 2.24) is 4.98 Å². The van der Waals surface area contributed by atoms with E-state index in [1.165, 1.54) is 11.8 Å². The van der Waals surface area contributed by atoms with Gasteiger partial charge in [0.05, 0.1) is 16.8 Å². The van der Waals surface area contributed by atoms with Crippen LogP contribution in [0.1, 0.15) is 15.9 Å². The van der Waals surface area contributed by atoms with E-state index in [0.29, 0.717) is 27.6 Å². The van der Waals surface area contributed by atoms with Gasteiger partial charge in [0.25, 0.3) is 0 Å². The molecule has 7 nitrogen and oxygen atoms in total. The minimum atomic E-state index is -0.452. The number of carbonyl (C=O) groups is 2. The highest BCUT2D eigenvalue weighted by Gasteiger charge is 2.17. The van der Waals surface area contributed by atoms with Gasteiger partial charge in [-0.15, -0.1) is 11.8 Å². The van der Waals surface area contributed by atoms with Crippen LogP contribution < -0.4 is 14.8 Å². The number of para-hydroxylation sites is 1. The smallest absolute Gasteiger partial charge is 0.339 e. The number of amides is 1. The molecule has 0 aliphatic carbocycles. The molecule has 0 radical (unpaired) electrons. The molecule has 170 valence electrons. The lowest BCUT2D eigenvalue weighted by atomic mass is 10.1. The topological polar surface area (TPSA) is 86.8 Å². The number of esters is 1. The van der Waals surface area contributed by atoms with Crippen molar-refractivity contribution >= 4 is 40.2 Å². The lowest BCUT2D eigenvalue weighted by molar-refractivity contribution is -0.113. The van der Waals surface area contributed by atoms with Gasteiger partial charge in [-0.2, -0.15) is 0 Å². The Morgan fingerprint density at radius 3 is 2.76 bits per heavy atom. The fraction of sp³-hybridized carbons (Fsp3) is 0.115. The second-order valence-electron chi connectivity index (χ2n) is 7.47. The Morgan fingerprint density at radius 2 is 1.82 bits per heavy atom. The number of nitrogens with one attached hydrogen (secondary N) is 1. The zero-order chi connectivity index (χ0) is 23.3. The largest absolute Gasteiger partial charge is 0.457 e. The first-order chi connectivity index (χ1) is 16.7. The molecule has 0 saturated carbocycles. The first-order valence-electron chi connectivity index (χ1n) is 10.6. The summed E-state index contributed by atoms with van der Waals surface area (Å²) in [5.74, 6) is 0.728. The van der Waals surface area contributed by atoms with Crippen molar-refractivity contribution in [1.29, 1.82) is 0 Å². The van der Waals surface area contributed by atoms with Gasteiger partial charge in [0.15, 0.2) is 11.5 Å². The summed E-state index contributed by atoms with van der Waals surface area (Å²) in [6, 6.07) is 21.9. The molecule has 1 aromatic heterocycles. The fourth-order valence-corrected chi connectivity index (χ4v) is 4.42. The van der Waals surface area contributed by atoms with E-state index in [4.69, 9.17) is 14.2 Å². The molecule has 0 saturated heterocycles. The van der Waals surface area contributed by atoms with Crippen molar-refractivity contribution < 1.29 is 23.8 Å². The number of rotatable bonds is 7. The predicted octanol–water partition coefficient (Wildman–Crippen LogP) is 5.05. The fourth-order valence-electron chi connectivity index (χ4n) is 3.58. The molecule has 1 N–H and O–H groups in total. The standard InChI is InChI=1S/C26H20N2O5S/c29-24(28-19-10-11-21-22(13-19)33-16-32-21)15-34-23-9-2-1-8-20(23)26(30)31-14-18-6-3-5-17-7-4-12-27-25(17)18/h1-13H,14-16H2,(H,28,29). The van der Waals surface area contributed by atoms with Gasteiger partial charge in [-0.25, -0.2) is 4.79 Å². The summed E-state index contributed by atoms with van der Waals surface area (Å²) >= 11 is 1.27. The highest BCUT2D eigenvalue weighted by molar-refractivity contribution is 8.00. The van der Waals surface area contributed by atoms with Crippen LogP contribution in [0, 0.1) is 0 Å². The Hall–Kier alpha value is -4.04. The quantitative estimate of drug-likeness (QED) is 0.297. The predicted molar refractivity (Wildman–Crippen MR) is 129 cm³/mol. The van der Waals surface area contributed by atoms with Gasteiger partial charge in [0.2, 0.25) is 12.7 Å². The number of nitrogens with zero attached hydrogens (tertiary/aromatic N) is 1. The van der Waals surface area contributed by atoms with Gasteiger partial charge >= 0.3 is 5.97 Å². The molecule has 34 heavy (non-hydrogen) atoms. The average molecular weight is 473 g/mol. The third kappa shape index (κ3) is 4.82. The Kier molecular flexibility index (Phi) is 6.31. The maximum Gasteiger partial charge on any atom is 0.339 e. The molecule has 1 amide bonds. The minimum Gasteiger partial charge on any atom is -0.457 e. The van der Waals surface area contributed by atoms with Crippen molar-refractivity contribution in [2.75, 3.05) is 17.9 Å². The number of ether oxygens (including phenoxy) is 3. The maximum atomic E-state index is 12.8. The molecule has 8 heteroatoms. The van der Waals surface area contributed by atoms with Crippen molar-refractivity contribution in [2.45, 2.75) is 11.5 Å². The van der Waals surface area contributed by atoms with Crippen LogP contribution in [0.5, 0.6) is 11.5 Å². The van der Waals surface area contributed by atoms with Crippen molar-refractivity contribution in [3.05, 3.63) is 90.1 Å². The normalized spacial score (nSPS) is 11.9. The van der Waals surface area contributed by atoms with Gasteiger partial charge in [0.1, 0.15) is 6.61 Å². The summed E-state index contributed by atoms with van der Waals surface area (Å²) in [4.78, 5) is 30.4. The van der Waals surface area contributed by atoms with Crippen LogP contribution in [-0.2, 0) is 16.1 Å². The summed E-state index contributed by atoms with van der Waals surface area (Å²) in [5, 5.41) is 3.82. The lowest BCUT2D eigenvalue weighted by Crippen LogP contribution is -2.14. The van der Waals surface area contributed by atoms with Crippen molar-refractivity contribution in [3.8, 4) is 11.5 Å². The van der Waals surface area contributed by atoms with E-state index in [1.54, 1.807) is 42.6 Å². The third-order valence-corrected chi connectivity index (χ3v) is 6.27. The van der Waals surface area contributed by atoms with Gasteiger partial charge in [-0.1, -0.05) is 36.4 Å². The molecular formula is C26H20N2O5S. The van der Waals surface area contributed by atoms with E-state index in [-0.39, 0.29) is 25.1 Å². The molecule has 3 aromatic carbocycles. The number of fused-ring (bicyclic) bond motifs is 2. The highest BCUT2D eigenvalue weighted by Crippen LogP contribution is 2.34. The molecule has 1 aliphatic heterocycles. The van der Waals surface area contributed by atoms with Crippen LogP contribution in [0.25, 0.3) is 10.9 Å². The number of anilines is 1. The average Bonchev–Trinajstić information content (AvgIpc) is 3.34. The zero-order valence-corrected chi connectivity index (χ0v) is 18.8. The third-order valence-electron chi connectivity index (χ3n) is 5.20. The van der Waals surface area contributed by atoms with Crippen LogP contribution in [0.3, 0.4) is 0 Å². The second kappa shape index (κ2) is 9.84. The van der Waals surface area contributed by atoms with E-state index >= 15 is 0 Å². The Bertz CT molecular complexity index is 1370. The van der Waals surface area contributed by atoms with Gasteiger partial charge in [-0.3, -0.25) is 9.78 Å². The van der Waals surface area contributed by atoms with E-state index in [2.05, 4.69) is 10.3 Å². The molecule has 0 atom stereocenters. The minimum absolute atomic E-state index is 0.108. The first kappa shape index (κ1) is 21.8. The molecule has 0 spiro atoms. The van der Waals surface area contributed by atoms with Gasteiger partial charge in [-0.05, 0) is 30.3 Å². The molecule has 0 unspecified atom stereocenters. The van der Waals surface area contributed by atoms with Crippen LogP contribution in [-0.4, -0.2) is 29.4 Å². The molecule has 4 aromatic rings. The van der Waals surface area contributed by atoms with Gasteiger partial charge < -0.3 is 19.5 Å². The number of hydrogen-bond donors (Lipinski definition) is 1. The highest BCUT2D eigenvalue weighted by atomic mass is 32.2. The van der Waals surface area contributed by atoms with Crippen LogP contribution in [0.4, 0.5) is 5.69 Å². The van der Waals surface area contributed by atoms with Crippen LogP contribution in [0.2, 0.25) is 0 Å². The Labute approximate surface area is 200 Å². The monoisotopic (exact) mass is 472 g/mol. The molecule has 0 fully saturated rings. The van der Waals surface area contributed by atoms with Crippen molar-refractivity contribution in [3.63, 3.8) is 0 Å². The van der Waals surface area contributed by atoms with Crippen LogP contribution in [0.15, 0.2) is 83.9 Å². The number of pyridine rings is 1. The Balaban J connectivity index is 1.21. The summed E-state index contributed by atoms with van der Waals surface area (Å²) in [5.41, 5.74) is 2.67. The number of carbonyl (C=O) groups excluding carboxylic acids is 2. The zero-order valence-electron chi connectivity index (χ0n) is 18.0. The second-order valence-corrected chi connectivity index (χ2v) is 8.49. The SMILES string of the molecule is O=C(CSc1ccccc1C(=O)OCc1cccc2cccnc12)Nc1ccc2c(c1)OCO2. The van der Waals surface area contributed by atoms with E-state index in [0.717, 1.165) is 16.5 Å². The van der Waals surface area contributed by atoms with Crippen molar-refractivity contribution in [2.24, 2.45) is 0 Å². The maximum absolute atomic E-state index is 12.8. The van der Waals surface area contributed by atoms with Crippen LogP contribution >= 0.6 is 11.8 Å². The van der Waals surface area contributed by atoms with E-state index < -0.39 is 5.97 Å². The summed E-state index contributed by atoms with van der Waals surface area (Å²) < 4.78 is 16.2. The number of aromatic nitrogens is 1. The Morgan fingerprint density at radius 1 is 0.971 bits per heavy atom. The first-order valence-corrected chi connectivity index (χ1v) is 11.6. The van der Waals surface area contributed by atoms with E-state index in [9.17, 15) is 9.59 Å². The van der Waals surface area contributed by atoms with E-state index in [1.807, 2.05) is 36.4 Å². The summed E-state index contributed by atoms with van der Waals surface area (Å²) in [7, 11) is 0. The summed E-state index contributed by atoms with van der Waals surface area (Å²) in [6.45, 7) is 0.281. The molecule has 5 rings (SSSR count). The molecular weight excluding hydrogens is 452 g/mol. The molecule has 0 bridgehead atoms. The lowest BCUT2D eigenvalue weighted by Gasteiger charge is -2.11. The number of thioether (sulfide) groups is 1. The van der Waals surface area contributed by atoms with Gasteiger partial charge in [0, 0.05) is 33.8 Å². The summed E-state index contributed by atoms with van der Waals surface area (Å²) in [6.07, 6.45) is 1.72.